The van der Waals surface area contributed by atoms with Crippen molar-refractivity contribution in [1.82, 2.24) is 0 Å². The molecule has 1 saturated heterocycles. The molecule has 0 unspecified atom stereocenters. The van der Waals surface area contributed by atoms with Gasteiger partial charge >= 0.3 is 11.9 Å². The third-order valence-electron chi connectivity index (χ3n) is 2.67. The molecule has 1 aliphatic carbocycles. The van der Waals surface area contributed by atoms with Gasteiger partial charge < -0.3 is 9.47 Å². The molecule has 4 atom stereocenters. The van der Waals surface area contributed by atoms with Crippen LogP contribution in [-0.2, 0) is 19.1 Å². The molecule has 2 fully saturated rings. The Labute approximate surface area is 90.1 Å². The van der Waals surface area contributed by atoms with Gasteiger partial charge in [-0.25, -0.2) is 0 Å². The van der Waals surface area contributed by atoms with Gasteiger partial charge in [0.2, 0.25) is 0 Å². The molecule has 2 aliphatic rings. The van der Waals surface area contributed by atoms with E-state index in [2.05, 4.69) is 15.9 Å². The lowest BCUT2D eigenvalue weighted by Crippen LogP contribution is -2.33. The van der Waals surface area contributed by atoms with Crippen LogP contribution in [0.3, 0.4) is 0 Å². The summed E-state index contributed by atoms with van der Waals surface area (Å²) in [5, 5.41) is 0. The Balaban J connectivity index is 2.08. The summed E-state index contributed by atoms with van der Waals surface area (Å²) in [5.41, 5.74) is 0. The summed E-state index contributed by atoms with van der Waals surface area (Å²) in [7, 11) is 0. The van der Waals surface area contributed by atoms with Crippen molar-refractivity contribution >= 4 is 27.9 Å². The van der Waals surface area contributed by atoms with Crippen molar-refractivity contribution in [1.29, 1.82) is 0 Å². The molecule has 0 amide bonds. The molecule has 1 heterocycles. The van der Waals surface area contributed by atoms with Gasteiger partial charge in [0, 0.05) is 12.8 Å². The first-order chi connectivity index (χ1) is 6.58. The Hall–Kier alpha value is -0.580. The van der Waals surface area contributed by atoms with Gasteiger partial charge in [-0.05, 0) is 6.42 Å². The molecule has 0 spiro atoms. The number of alkyl halides is 1. The third-order valence-corrected chi connectivity index (χ3v) is 3.57. The molecule has 14 heavy (non-hydrogen) atoms. The van der Waals surface area contributed by atoms with E-state index in [-0.39, 0.29) is 34.9 Å². The fourth-order valence-corrected chi connectivity index (χ4v) is 3.03. The topological polar surface area (TPSA) is 52.6 Å². The molecule has 1 aliphatic heterocycles. The van der Waals surface area contributed by atoms with Crippen LogP contribution >= 0.6 is 15.9 Å². The third kappa shape index (κ3) is 1.65. The number of carbonyl (C=O) groups is 2. The van der Waals surface area contributed by atoms with Gasteiger partial charge in [-0.2, -0.15) is 0 Å². The molecule has 0 aromatic rings. The second-order valence-corrected chi connectivity index (χ2v) is 4.92. The highest BCUT2D eigenvalue weighted by atomic mass is 79.9. The molecule has 0 aromatic carbocycles. The molecule has 0 radical (unpaired) electrons. The van der Waals surface area contributed by atoms with E-state index in [1.807, 2.05) is 0 Å². The maximum atomic E-state index is 11.0. The Bertz CT molecular complexity index is 278. The van der Waals surface area contributed by atoms with Crippen LogP contribution in [0.1, 0.15) is 19.8 Å². The monoisotopic (exact) mass is 262 g/mol. The van der Waals surface area contributed by atoms with E-state index in [9.17, 15) is 9.59 Å². The number of halogens is 1. The number of fused-ring (bicyclic) bond motifs is 1. The predicted octanol–water partition coefficient (Wildman–Crippen LogP) is 1.02. The zero-order valence-electron chi connectivity index (χ0n) is 7.73. The lowest BCUT2D eigenvalue weighted by molar-refractivity contribution is -0.158. The molecule has 5 heteroatoms. The first-order valence-corrected chi connectivity index (χ1v) is 5.50. The Morgan fingerprint density at radius 2 is 2.36 bits per heavy atom. The van der Waals surface area contributed by atoms with E-state index in [0.29, 0.717) is 6.42 Å². The van der Waals surface area contributed by atoms with Gasteiger partial charge in [-0.15, -0.1) is 0 Å². The maximum Gasteiger partial charge on any atom is 0.306 e. The summed E-state index contributed by atoms with van der Waals surface area (Å²) in [5.74, 6) is -0.309. The summed E-state index contributed by atoms with van der Waals surface area (Å²) < 4.78 is 10.2. The van der Waals surface area contributed by atoms with Crippen LogP contribution in [-0.4, -0.2) is 29.0 Å². The quantitative estimate of drug-likeness (QED) is 0.523. The number of rotatable bonds is 1. The summed E-state index contributed by atoms with van der Waals surface area (Å²) in [4.78, 5) is 22.0. The number of hydrogen-bond donors (Lipinski definition) is 0. The lowest BCUT2D eigenvalue weighted by Gasteiger charge is -2.19. The van der Waals surface area contributed by atoms with E-state index in [4.69, 9.17) is 9.47 Å². The van der Waals surface area contributed by atoms with Crippen molar-refractivity contribution in [2.45, 2.75) is 36.8 Å². The summed E-state index contributed by atoms with van der Waals surface area (Å²) >= 11 is 3.44. The average Bonchev–Trinajstić information content (AvgIpc) is 2.51. The van der Waals surface area contributed by atoms with Gasteiger partial charge in [0.05, 0.1) is 11.2 Å². The Morgan fingerprint density at radius 1 is 1.64 bits per heavy atom. The number of carbonyl (C=O) groups excluding carboxylic acids is 2. The van der Waals surface area contributed by atoms with Crippen molar-refractivity contribution in [2.24, 2.45) is 5.92 Å². The van der Waals surface area contributed by atoms with Crippen molar-refractivity contribution in [3.05, 3.63) is 0 Å². The average molecular weight is 263 g/mol. The van der Waals surface area contributed by atoms with Crippen molar-refractivity contribution in [3.8, 4) is 0 Å². The van der Waals surface area contributed by atoms with Crippen LogP contribution in [0.15, 0.2) is 0 Å². The fourth-order valence-electron chi connectivity index (χ4n) is 2.14. The van der Waals surface area contributed by atoms with Gasteiger partial charge in [-0.3, -0.25) is 9.59 Å². The largest absolute Gasteiger partial charge is 0.458 e. The SMILES string of the molecule is CC(=O)O[C@H]1[C@@H]2OC(=O)C[C@@H]2C[C@@H]1Br. The zero-order chi connectivity index (χ0) is 10.3. The minimum absolute atomic E-state index is 0.106. The van der Waals surface area contributed by atoms with E-state index in [1.165, 1.54) is 6.92 Å². The smallest absolute Gasteiger partial charge is 0.306 e. The van der Waals surface area contributed by atoms with Crippen LogP contribution < -0.4 is 0 Å². The highest BCUT2D eigenvalue weighted by Crippen LogP contribution is 2.41. The molecule has 78 valence electrons. The zero-order valence-corrected chi connectivity index (χ0v) is 9.32. The van der Waals surface area contributed by atoms with Gasteiger partial charge in [0.25, 0.3) is 0 Å². The molecule has 4 nitrogen and oxygen atoms in total. The van der Waals surface area contributed by atoms with Crippen LogP contribution in [0.25, 0.3) is 0 Å². The van der Waals surface area contributed by atoms with E-state index < -0.39 is 0 Å². The highest BCUT2D eigenvalue weighted by Gasteiger charge is 2.51. The second kappa shape index (κ2) is 3.53. The Kier molecular flexibility index (Phi) is 2.51. The molecule has 0 bridgehead atoms. The fraction of sp³-hybridized carbons (Fsp3) is 0.778. The van der Waals surface area contributed by atoms with Crippen LogP contribution in [0.4, 0.5) is 0 Å². The molecular weight excluding hydrogens is 252 g/mol. The molecule has 2 rings (SSSR count). The van der Waals surface area contributed by atoms with Crippen LogP contribution in [0.5, 0.6) is 0 Å². The summed E-state index contributed by atoms with van der Waals surface area (Å²) in [6.07, 6.45) is 0.721. The number of ether oxygens (including phenoxy) is 2. The van der Waals surface area contributed by atoms with E-state index in [1.54, 1.807) is 0 Å². The van der Waals surface area contributed by atoms with Gasteiger partial charge in [0.1, 0.15) is 6.10 Å². The summed E-state index contributed by atoms with van der Waals surface area (Å²) in [6.45, 7) is 1.36. The first kappa shape index (κ1) is 9.96. The Morgan fingerprint density at radius 3 is 3.00 bits per heavy atom. The number of hydrogen-bond acceptors (Lipinski definition) is 4. The highest BCUT2D eigenvalue weighted by molar-refractivity contribution is 9.09. The van der Waals surface area contributed by atoms with Crippen LogP contribution in [0.2, 0.25) is 0 Å². The minimum Gasteiger partial charge on any atom is -0.458 e. The maximum absolute atomic E-state index is 11.0. The summed E-state index contributed by atoms with van der Waals surface area (Å²) in [6, 6.07) is 0. The first-order valence-electron chi connectivity index (χ1n) is 4.58. The van der Waals surface area contributed by atoms with Gasteiger partial charge in [0.15, 0.2) is 6.10 Å². The van der Waals surface area contributed by atoms with E-state index >= 15 is 0 Å². The van der Waals surface area contributed by atoms with Crippen molar-refractivity contribution in [2.75, 3.05) is 0 Å². The molecule has 1 saturated carbocycles. The van der Waals surface area contributed by atoms with Gasteiger partial charge in [-0.1, -0.05) is 15.9 Å². The lowest BCUT2D eigenvalue weighted by atomic mass is 10.1. The molecular formula is C9H11BrO4. The molecule has 0 aromatic heterocycles. The number of esters is 2. The normalized spacial score (nSPS) is 40.6. The predicted molar refractivity (Wildman–Crippen MR) is 50.9 cm³/mol. The van der Waals surface area contributed by atoms with Crippen molar-refractivity contribution < 1.29 is 19.1 Å². The van der Waals surface area contributed by atoms with Crippen LogP contribution in [0, 0.1) is 5.92 Å². The van der Waals surface area contributed by atoms with E-state index in [0.717, 1.165) is 6.42 Å². The standard InChI is InChI=1S/C9H11BrO4/c1-4(11)13-9-6(10)2-5-3-7(12)14-8(5)9/h5-6,8-9H,2-3H2,1H3/t5-,6-,8+,9+/m0/s1. The minimum atomic E-state index is -0.331. The second-order valence-electron chi connectivity index (χ2n) is 3.74. The molecule has 0 N–H and O–H groups in total. The van der Waals surface area contributed by atoms with Crippen molar-refractivity contribution in [3.63, 3.8) is 0 Å².